The molecule has 0 saturated carbocycles. The molecule has 0 bridgehead atoms. The summed E-state index contributed by atoms with van der Waals surface area (Å²) in [7, 11) is -3.60. The van der Waals surface area contributed by atoms with Crippen LogP contribution in [0.5, 0.6) is 0 Å². The SMILES string of the molecule is Cc1ccc(S(=O)(=O)N2CCCCCC2)cc1C(=O)NCCSCc1c(Cl)cccc1Cl. The Morgan fingerprint density at radius 3 is 2.38 bits per heavy atom. The minimum Gasteiger partial charge on any atom is -0.351 e. The molecular weight excluding hydrogens is 487 g/mol. The second-order valence-corrected chi connectivity index (χ2v) is 11.7. The van der Waals surface area contributed by atoms with Gasteiger partial charge in [-0.25, -0.2) is 8.42 Å². The zero-order valence-corrected chi connectivity index (χ0v) is 21.2. The number of nitrogens with zero attached hydrogens (tertiary/aromatic N) is 1. The lowest BCUT2D eigenvalue weighted by molar-refractivity contribution is 0.0955. The fourth-order valence-corrected chi connectivity index (χ4v) is 6.75. The van der Waals surface area contributed by atoms with Crippen molar-refractivity contribution in [2.75, 3.05) is 25.4 Å². The summed E-state index contributed by atoms with van der Waals surface area (Å²) >= 11 is 14.0. The van der Waals surface area contributed by atoms with Crippen molar-refractivity contribution in [1.82, 2.24) is 9.62 Å². The Morgan fingerprint density at radius 2 is 1.72 bits per heavy atom. The number of thioether (sulfide) groups is 1. The predicted molar refractivity (Wildman–Crippen MR) is 133 cm³/mol. The topological polar surface area (TPSA) is 66.5 Å². The van der Waals surface area contributed by atoms with Crippen molar-refractivity contribution >= 4 is 50.9 Å². The molecule has 0 aliphatic carbocycles. The highest BCUT2D eigenvalue weighted by Crippen LogP contribution is 2.28. The molecule has 0 radical (unpaired) electrons. The largest absolute Gasteiger partial charge is 0.351 e. The molecule has 0 unspecified atom stereocenters. The molecule has 2 aromatic carbocycles. The Morgan fingerprint density at radius 1 is 1.06 bits per heavy atom. The predicted octanol–water partition coefficient (Wildman–Crippen LogP) is 5.53. The van der Waals surface area contributed by atoms with E-state index in [0.29, 0.717) is 46.7 Å². The molecule has 0 spiro atoms. The van der Waals surface area contributed by atoms with Crippen LogP contribution in [0.3, 0.4) is 0 Å². The maximum Gasteiger partial charge on any atom is 0.251 e. The summed E-state index contributed by atoms with van der Waals surface area (Å²) in [6.45, 7) is 3.33. The first-order valence-electron chi connectivity index (χ1n) is 10.7. The van der Waals surface area contributed by atoms with Gasteiger partial charge in [-0.05, 0) is 55.2 Å². The van der Waals surface area contributed by atoms with Crippen molar-refractivity contribution < 1.29 is 13.2 Å². The molecule has 32 heavy (non-hydrogen) atoms. The molecule has 1 N–H and O–H groups in total. The van der Waals surface area contributed by atoms with E-state index >= 15 is 0 Å². The van der Waals surface area contributed by atoms with Gasteiger partial charge in [0.2, 0.25) is 10.0 Å². The van der Waals surface area contributed by atoms with Crippen molar-refractivity contribution in [3.8, 4) is 0 Å². The molecule has 1 fully saturated rings. The lowest BCUT2D eigenvalue weighted by Crippen LogP contribution is -2.32. The second kappa shape index (κ2) is 11.7. The standard InChI is InChI=1S/C23H28Cl2N2O3S2/c1-17-9-10-18(32(29,30)27-12-4-2-3-5-13-27)15-19(17)23(28)26-11-14-31-16-20-21(24)7-6-8-22(20)25/h6-10,15H,2-5,11-14,16H2,1H3,(H,26,28). The maximum atomic E-state index is 13.1. The number of rotatable bonds is 8. The molecule has 1 aliphatic rings. The van der Waals surface area contributed by atoms with Gasteiger partial charge in [-0.1, -0.05) is 48.2 Å². The van der Waals surface area contributed by atoms with Crippen LogP contribution in [0.1, 0.15) is 47.2 Å². The van der Waals surface area contributed by atoms with Gasteiger partial charge in [0.25, 0.3) is 5.91 Å². The lowest BCUT2D eigenvalue weighted by atomic mass is 10.1. The van der Waals surface area contributed by atoms with E-state index < -0.39 is 10.0 Å². The van der Waals surface area contributed by atoms with E-state index in [9.17, 15) is 13.2 Å². The Labute approximate surface area is 204 Å². The van der Waals surface area contributed by atoms with Crippen molar-refractivity contribution in [3.63, 3.8) is 0 Å². The molecule has 9 heteroatoms. The van der Waals surface area contributed by atoms with Crippen LogP contribution in [0.4, 0.5) is 0 Å². The molecule has 174 valence electrons. The zero-order valence-electron chi connectivity index (χ0n) is 18.1. The third kappa shape index (κ3) is 6.41. The zero-order chi connectivity index (χ0) is 23.1. The molecule has 1 amide bonds. The van der Waals surface area contributed by atoms with Crippen molar-refractivity contribution in [3.05, 3.63) is 63.1 Å². The molecular formula is C23H28Cl2N2O3S2. The minimum absolute atomic E-state index is 0.179. The smallest absolute Gasteiger partial charge is 0.251 e. The summed E-state index contributed by atoms with van der Waals surface area (Å²) in [6.07, 6.45) is 3.84. The normalized spacial score (nSPS) is 15.3. The molecule has 0 aromatic heterocycles. The Kier molecular flexibility index (Phi) is 9.32. The van der Waals surface area contributed by atoms with Crippen LogP contribution in [0.15, 0.2) is 41.3 Å². The van der Waals surface area contributed by atoms with Crippen LogP contribution in [0.2, 0.25) is 10.0 Å². The Balaban J connectivity index is 1.59. The molecule has 5 nitrogen and oxygen atoms in total. The van der Waals surface area contributed by atoms with E-state index in [2.05, 4.69) is 5.32 Å². The van der Waals surface area contributed by atoms with E-state index in [1.165, 1.54) is 6.07 Å². The number of amides is 1. The summed E-state index contributed by atoms with van der Waals surface area (Å²) in [5, 5.41) is 4.15. The summed E-state index contributed by atoms with van der Waals surface area (Å²) in [5.41, 5.74) is 2.02. The fraction of sp³-hybridized carbons (Fsp3) is 0.435. The minimum atomic E-state index is -3.60. The second-order valence-electron chi connectivity index (χ2n) is 7.80. The molecule has 2 aromatic rings. The van der Waals surface area contributed by atoms with Gasteiger partial charge >= 0.3 is 0 Å². The number of benzene rings is 2. The first-order chi connectivity index (χ1) is 15.3. The number of carbonyl (C=O) groups is 1. The van der Waals surface area contributed by atoms with Crippen LogP contribution in [-0.2, 0) is 15.8 Å². The molecule has 0 atom stereocenters. The molecule has 1 heterocycles. The van der Waals surface area contributed by atoms with E-state index in [4.69, 9.17) is 23.2 Å². The number of sulfonamides is 1. The third-order valence-electron chi connectivity index (χ3n) is 5.50. The number of halogens is 2. The summed E-state index contributed by atoms with van der Waals surface area (Å²) in [4.78, 5) is 12.9. The van der Waals surface area contributed by atoms with Gasteiger partial charge < -0.3 is 5.32 Å². The number of nitrogens with one attached hydrogen (secondary N) is 1. The Hall–Kier alpha value is -1.25. The number of hydrogen-bond acceptors (Lipinski definition) is 4. The van der Waals surface area contributed by atoms with E-state index in [0.717, 1.165) is 36.8 Å². The number of hydrogen-bond donors (Lipinski definition) is 1. The fourth-order valence-electron chi connectivity index (χ4n) is 3.61. The van der Waals surface area contributed by atoms with Crippen molar-refractivity contribution in [1.29, 1.82) is 0 Å². The van der Waals surface area contributed by atoms with E-state index in [1.54, 1.807) is 40.3 Å². The average molecular weight is 516 g/mol. The lowest BCUT2D eigenvalue weighted by Gasteiger charge is -2.20. The highest BCUT2D eigenvalue weighted by Gasteiger charge is 2.26. The monoisotopic (exact) mass is 514 g/mol. The highest BCUT2D eigenvalue weighted by molar-refractivity contribution is 7.98. The quantitative estimate of drug-likeness (QED) is 0.470. The summed E-state index contributed by atoms with van der Waals surface area (Å²) < 4.78 is 27.7. The Bertz CT molecular complexity index is 1030. The number of carbonyl (C=O) groups excluding carboxylic acids is 1. The van der Waals surface area contributed by atoms with Crippen LogP contribution in [0, 0.1) is 6.92 Å². The summed E-state index contributed by atoms with van der Waals surface area (Å²) in [5.74, 6) is 1.06. The van der Waals surface area contributed by atoms with Gasteiger partial charge in [0.1, 0.15) is 0 Å². The van der Waals surface area contributed by atoms with Gasteiger partial charge in [0, 0.05) is 46.7 Å². The van der Waals surface area contributed by atoms with Crippen LogP contribution in [0.25, 0.3) is 0 Å². The van der Waals surface area contributed by atoms with E-state index in [-0.39, 0.29) is 10.8 Å². The van der Waals surface area contributed by atoms with Crippen LogP contribution >= 0.6 is 35.0 Å². The third-order valence-corrected chi connectivity index (χ3v) is 9.08. The highest BCUT2D eigenvalue weighted by atomic mass is 35.5. The van der Waals surface area contributed by atoms with E-state index in [1.807, 2.05) is 13.0 Å². The van der Waals surface area contributed by atoms with Crippen molar-refractivity contribution in [2.45, 2.75) is 43.3 Å². The van der Waals surface area contributed by atoms with Gasteiger partial charge in [-0.15, -0.1) is 0 Å². The van der Waals surface area contributed by atoms with Gasteiger partial charge in [0.05, 0.1) is 4.90 Å². The molecule has 1 aliphatic heterocycles. The van der Waals surface area contributed by atoms with Crippen LogP contribution in [-0.4, -0.2) is 44.0 Å². The van der Waals surface area contributed by atoms with Crippen LogP contribution < -0.4 is 5.32 Å². The number of aryl methyl sites for hydroxylation is 1. The van der Waals surface area contributed by atoms with Crippen molar-refractivity contribution in [2.24, 2.45) is 0 Å². The van der Waals surface area contributed by atoms with Gasteiger partial charge in [-0.3, -0.25) is 4.79 Å². The summed E-state index contributed by atoms with van der Waals surface area (Å²) in [6, 6.07) is 10.2. The molecule has 3 rings (SSSR count). The molecule has 1 saturated heterocycles. The average Bonchev–Trinajstić information content (AvgIpc) is 3.05. The first-order valence-corrected chi connectivity index (χ1v) is 14.1. The first kappa shape index (κ1) is 25.4. The maximum absolute atomic E-state index is 13.1. The van der Waals surface area contributed by atoms with Gasteiger partial charge in [0.15, 0.2) is 0 Å². The van der Waals surface area contributed by atoms with Gasteiger partial charge in [-0.2, -0.15) is 16.1 Å².